The summed E-state index contributed by atoms with van der Waals surface area (Å²) in [6.45, 7) is 5.74. The van der Waals surface area contributed by atoms with Crippen LogP contribution < -0.4 is 9.64 Å². The minimum atomic E-state index is -0.889. The first-order valence-electron chi connectivity index (χ1n) is 8.29. The van der Waals surface area contributed by atoms with Crippen LogP contribution in [0.5, 0.6) is 5.75 Å². The largest absolute Gasteiger partial charge is 0.484 e. The zero-order valence-electron chi connectivity index (χ0n) is 15.1. The van der Waals surface area contributed by atoms with Crippen LogP contribution in [0.4, 0.5) is 14.5 Å². The lowest BCUT2D eigenvalue weighted by atomic mass is 10.0. The summed E-state index contributed by atoms with van der Waals surface area (Å²) < 4.78 is 36.2. The van der Waals surface area contributed by atoms with Gasteiger partial charge in [-0.25, -0.2) is 8.78 Å². The van der Waals surface area contributed by atoms with E-state index in [1.54, 1.807) is 56.5 Å². The Balaban J connectivity index is 2.57. The number of anilines is 1. The average molecular weight is 436 g/mol. The highest BCUT2D eigenvalue weighted by Crippen LogP contribution is 2.36. The van der Waals surface area contributed by atoms with Crippen LogP contribution in [0.2, 0.25) is 0 Å². The molecule has 0 heterocycles. The molecule has 0 saturated heterocycles. The van der Waals surface area contributed by atoms with Crippen molar-refractivity contribution in [1.82, 2.24) is 0 Å². The lowest BCUT2D eigenvalue weighted by Crippen LogP contribution is -2.21. The van der Waals surface area contributed by atoms with E-state index in [-0.39, 0.29) is 35.7 Å². The van der Waals surface area contributed by atoms with Gasteiger partial charge in [-0.3, -0.25) is 4.79 Å². The normalized spacial score (nSPS) is 10.9. The van der Waals surface area contributed by atoms with Gasteiger partial charge in [0.05, 0.1) is 5.56 Å². The molecule has 0 spiro atoms. The van der Waals surface area contributed by atoms with Gasteiger partial charge >= 0.3 is 0 Å². The maximum Gasteiger partial charge on any atom is 0.196 e. The number of allylic oxidation sites excluding steroid dienone is 1. The fraction of sp³-hybridized carbons (Fsp3) is 0.190. The molecule has 142 valence electrons. The SMILES string of the molecule is C=CCN(C)c1c(F)cc(C(=O)c2ccc(Br)cc2)c(F)c1OCC=CC. The fourth-order valence-electron chi connectivity index (χ4n) is 2.52. The van der Waals surface area contributed by atoms with E-state index in [4.69, 9.17) is 4.74 Å². The van der Waals surface area contributed by atoms with Gasteiger partial charge < -0.3 is 9.64 Å². The second-order valence-electron chi connectivity index (χ2n) is 5.78. The summed E-state index contributed by atoms with van der Waals surface area (Å²) in [6.07, 6.45) is 4.96. The van der Waals surface area contributed by atoms with E-state index in [2.05, 4.69) is 22.5 Å². The zero-order chi connectivity index (χ0) is 20.0. The van der Waals surface area contributed by atoms with E-state index in [1.165, 1.54) is 4.90 Å². The molecule has 0 radical (unpaired) electrons. The molecule has 2 aromatic rings. The molecule has 0 atom stereocenters. The third-order valence-electron chi connectivity index (χ3n) is 3.84. The molecule has 0 aromatic heterocycles. The summed E-state index contributed by atoms with van der Waals surface area (Å²) in [5, 5.41) is 0. The van der Waals surface area contributed by atoms with Gasteiger partial charge in [0.15, 0.2) is 23.2 Å². The Labute approximate surface area is 166 Å². The van der Waals surface area contributed by atoms with Gasteiger partial charge in [0.2, 0.25) is 0 Å². The standard InChI is InChI=1S/C21H20BrF2NO2/c1-4-6-12-27-21-18(24)16(13-17(23)19(21)25(3)11-5-2)20(26)14-7-9-15(22)10-8-14/h4-10,13H,2,11-12H2,1,3H3. The number of halogens is 3. The van der Waals surface area contributed by atoms with Crippen molar-refractivity contribution in [2.24, 2.45) is 0 Å². The number of hydrogen-bond donors (Lipinski definition) is 0. The van der Waals surface area contributed by atoms with Gasteiger partial charge in [-0.2, -0.15) is 0 Å². The van der Waals surface area contributed by atoms with Crippen LogP contribution in [0.15, 0.2) is 59.6 Å². The highest BCUT2D eigenvalue weighted by atomic mass is 79.9. The maximum absolute atomic E-state index is 15.2. The summed E-state index contributed by atoms with van der Waals surface area (Å²) in [5.41, 5.74) is -0.173. The highest BCUT2D eigenvalue weighted by Gasteiger charge is 2.26. The number of benzene rings is 2. The van der Waals surface area contributed by atoms with Gasteiger partial charge in [0.25, 0.3) is 0 Å². The van der Waals surface area contributed by atoms with E-state index in [0.717, 1.165) is 10.5 Å². The number of rotatable bonds is 8. The molecule has 27 heavy (non-hydrogen) atoms. The Morgan fingerprint density at radius 3 is 2.56 bits per heavy atom. The second kappa shape index (κ2) is 9.46. The topological polar surface area (TPSA) is 29.5 Å². The number of likely N-dealkylation sites (N-methyl/N-ethyl adjacent to an activating group) is 1. The van der Waals surface area contributed by atoms with Crippen molar-refractivity contribution < 1.29 is 18.3 Å². The second-order valence-corrected chi connectivity index (χ2v) is 6.70. The third kappa shape index (κ3) is 4.83. The van der Waals surface area contributed by atoms with Crippen LogP contribution in [-0.4, -0.2) is 26.0 Å². The molecule has 0 unspecified atom stereocenters. The van der Waals surface area contributed by atoms with E-state index < -0.39 is 17.4 Å². The molecule has 3 nitrogen and oxygen atoms in total. The van der Waals surface area contributed by atoms with Crippen molar-refractivity contribution in [2.45, 2.75) is 6.92 Å². The van der Waals surface area contributed by atoms with Crippen molar-refractivity contribution in [3.05, 3.63) is 82.4 Å². The van der Waals surface area contributed by atoms with Gasteiger partial charge in [-0.15, -0.1) is 6.58 Å². The summed E-state index contributed by atoms with van der Waals surface area (Å²) in [4.78, 5) is 14.2. The molecule has 0 saturated carbocycles. The van der Waals surface area contributed by atoms with Gasteiger partial charge in [-0.05, 0) is 37.3 Å². The smallest absolute Gasteiger partial charge is 0.196 e. The number of ether oxygens (including phenoxy) is 1. The molecule has 6 heteroatoms. The monoisotopic (exact) mass is 435 g/mol. The fourth-order valence-corrected chi connectivity index (χ4v) is 2.78. The Kier molecular flexibility index (Phi) is 7.30. The number of nitrogens with zero attached hydrogens (tertiary/aromatic N) is 1. The van der Waals surface area contributed by atoms with E-state index in [1.807, 2.05) is 0 Å². The minimum absolute atomic E-state index is 0.0516. The van der Waals surface area contributed by atoms with Crippen LogP contribution in [-0.2, 0) is 0 Å². The molecule has 2 rings (SSSR count). The molecular formula is C21H20BrF2NO2. The molecule has 0 aliphatic carbocycles. The molecule has 0 fully saturated rings. The molecular weight excluding hydrogens is 416 g/mol. The van der Waals surface area contributed by atoms with Gasteiger partial charge in [-0.1, -0.05) is 34.2 Å². The van der Waals surface area contributed by atoms with Crippen LogP contribution in [0.25, 0.3) is 0 Å². The van der Waals surface area contributed by atoms with Crippen LogP contribution in [0, 0.1) is 11.6 Å². The molecule has 2 aromatic carbocycles. The van der Waals surface area contributed by atoms with E-state index >= 15 is 4.39 Å². The lowest BCUT2D eigenvalue weighted by Gasteiger charge is -2.23. The number of hydrogen-bond acceptors (Lipinski definition) is 3. The van der Waals surface area contributed by atoms with Crippen molar-refractivity contribution in [3.8, 4) is 5.75 Å². The summed E-state index contributed by atoms with van der Waals surface area (Å²) in [7, 11) is 1.60. The summed E-state index contributed by atoms with van der Waals surface area (Å²) in [6, 6.07) is 7.33. The molecule has 0 bridgehead atoms. The number of ketones is 1. The minimum Gasteiger partial charge on any atom is -0.484 e. The zero-order valence-corrected chi connectivity index (χ0v) is 16.7. The number of carbonyl (C=O) groups is 1. The average Bonchev–Trinajstić information content (AvgIpc) is 2.64. The van der Waals surface area contributed by atoms with Crippen LogP contribution >= 0.6 is 15.9 Å². The quantitative estimate of drug-likeness (QED) is 0.402. The Morgan fingerprint density at radius 2 is 1.96 bits per heavy atom. The summed E-state index contributed by atoms with van der Waals surface area (Å²) in [5.74, 6) is -2.54. The van der Waals surface area contributed by atoms with Crippen molar-refractivity contribution >= 4 is 27.4 Å². The molecule has 0 aliphatic rings. The van der Waals surface area contributed by atoms with Crippen molar-refractivity contribution in [1.29, 1.82) is 0 Å². The molecule has 0 N–H and O–H groups in total. The lowest BCUT2D eigenvalue weighted by molar-refractivity contribution is 0.103. The van der Waals surface area contributed by atoms with E-state index in [0.29, 0.717) is 0 Å². The predicted molar refractivity (Wildman–Crippen MR) is 108 cm³/mol. The van der Waals surface area contributed by atoms with Gasteiger partial charge in [0, 0.05) is 23.6 Å². The highest BCUT2D eigenvalue weighted by molar-refractivity contribution is 9.10. The first-order chi connectivity index (χ1) is 12.9. The molecule has 0 amide bonds. The first kappa shape index (κ1) is 20.8. The Bertz CT molecular complexity index is 863. The Hall–Kier alpha value is -2.47. The first-order valence-corrected chi connectivity index (χ1v) is 9.08. The third-order valence-corrected chi connectivity index (χ3v) is 4.37. The van der Waals surface area contributed by atoms with Crippen LogP contribution in [0.1, 0.15) is 22.8 Å². The predicted octanol–water partition coefficient (Wildman–Crippen LogP) is 5.54. The van der Waals surface area contributed by atoms with Gasteiger partial charge in [0.1, 0.15) is 12.3 Å². The van der Waals surface area contributed by atoms with Crippen LogP contribution in [0.3, 0.4) is 0 Å². The van der Waals surface area contributed by atoms with Crippen molar-refractivity contribution in [3.63, 3.8) is 0 Å². The van der Waals surface area contributed by atoms with E-state index in [9.17, 15) is 9.18 Å². The van der Waals surface area contributed by atoms with Crippen molar-refractivity contribution in [2.75, 3.05) is 25.1 Å². The summed E-state index contributed by atoms with van der Waals surface area (Å²) >= 11 is 3.28. The number of carbonyl (C=O) groups excluding carboxylic acids is 1. The molecule has 0 aliphatic heterocycles. The maximum atomic E-state index is 15.2. The Morgan fingerprint density at radius 1 is 1.30 bits per heavy atom.